The van der Waals surface area contributed by atoms with Gasteiger partial charge in [-0.15, -0.1) is 5.10 Å². The summed E-state index contributed by atoms with van der Waals surface area (Å²) in [6, 6.07) is 6.13. The van der Waals surface area contributed by atoms with Gasteiger partial charge in [-0.25, -0.2) is 9.97 Å². The molecule has 0 spiro atoms. The molecule has 2 atom stereocenters. The Kier molecular flexibility index (Phi) is 5.55. The predicted molar refractivity (Wildman–Crippen MR) is 131 cm³/mol. The van der Waals surface area contributed by atoms with E-state index >= 15 is 0 Å². The second kappa shape index (κ2) is 8.43. The molecule has 1 aliphatic heterocycles. The minimum atomic E-state index is -0.452. The van der Waals surface area contributed by atoms with Crippen molar-refractivity contribution >= 4 is 28.2 Å². The highest BCUT2D eigenvalue weighted by molar-refractivity contribution is 5.93. The van der Waals surface area contributed by atoms with Crippen LogP contribution >= 0.6 is 0 Å². The lowest BCUT2D eigenvalue weighted by Crippen LogP contribution is -2.42. The third-order valence-corrected chi connectivity index (χ3v) is 6.97. The van der Waals surface area contributed by atoms with Gasteiger partial charge in [0.25, 0.3) is 0 Å². The number of methoxy groups -OCH3 is 1. The van der Waals surface area contributed by atoms with Crippen molar-refractivity contribution in [3.05, 3.63) is 36.4 Å². The molecule has 0 bridgehead atoms. The molecule has 4 heterocycles. The minimum absolute atomic E-state index is 0.0222. The molecular weight excluding hydrogens is 432 g/mol. The van der Waals surface area contributed by atoms with E-state index in [1.807, 2.05) is 49.1 Å². The summed E-state index contributed by atoms with van der Waals surface area (Å²) in [6.45, 7) is 6.97. The number of nitrogens with zero attached hydrogens (tertiary/aromatic N) is 7. The first-order valence-corrected chi connectivity index (χ1v) is 11.8. The number of hydrogen-bond donors (Lipinski definition) is 2. The maximum Gasteiger partial charge on any atom is 0.223 e. The largest absolute Gasteiger partial charge is 0.497 e. The van der Waals surface area contributed by atoms with Crippen LogP contribution in [0.3, 0.4) is 0 Å². The Hall–Kier alpha value is -3.40. The van der Waals surface area contributed by atoms with Crippen molar-refractivity contribution in [1.82, 2.24) is 29.4 Å². The van der Waals surface area contributed by atoms with E-state index in [1.165, 1.54) is 0 Å². The first kappa shape index (κ1) is 22.4. The van der Waals surface area contributed by atoms with Gasteiger partial charge in [0.05, 0.1) is 36.7 Å². The molecule has 180 valence electrons. The van der Waals surface area contributed by atoms with Crippen LogP contribution in [0.5, 0.6) is 5.75 Å². The SMILES string of the molecule is CC[C@H]1CC[C@H](c2nc3c4ccc(OC)cc4nc(N)n3n2)CN1c1cnn(C(C)(C)CO)c1. The van der Waals surface area contributed by atoms with Crippen LogP contribution in [0.2, 0.25) is 0 Å². The zero-order valence-corrected chi connectivity index (χ0v) is 20.1. The van der Waals surface area contributed by atoms with Crippen LogP contribution in [-0.2, 0) is 5.54 Å². The molecule has 5 rings (SSSR count). The maximum atomic E-state index is 9.74. The first-order valence-electron chi connectivity index (χ1n) is 11.8. The molecule has 0 aliphatic carbocycles. The second-order valence-corrected chi connectivity index (χ2v) is 9.66. The van der Waals surface area contributed by atoms with Crippen LogP contribution < -0.4 is 15.4 Å². The molecule has 1 aliphatic rings. The van der Waals surface area contributed by atoms with Gasteiger partial charge in [-0.1, -0.05) is 6.92 Å². The van der Waals surface area contributed by atoms with E-state index in [4.69, 9.17) is 20.6 Å². The van der Waals surface area contributed by atoms with Crippen molar-refractivity contribution in [3.63, 3.8) is 0 Å². The molecule has 10 nitrogen and oxygen atoms in total. The smallest absolute Gasteiger partial charge is 0.223 e. The van der Waals surface area contributed by atoms with Crippen LogP contribution in [0.25, 0.3) is 16.6 Å². The van der Waals surface area contributed by atoms with Gasteiger partial charge in [0.15, 0.2) is 11.5 Å². The standard InChI is InChI=1S/C24H32N8O2/c1-5-16-7-6-15(12-30(16)17-11-26-31(13-17)24(2,3)14-33)21-28-22-19-9-8-18(34-4)10-20(19)27-23(25)32(22)29-21/h8-11,13,15-16,33H,5-7,12,14H2,1-4H3,(H2,25,27)/t15-,16-/m0/s1. The lowest BCUT2D eigenvalue weighted by Gasteiger charge is -2.39. The summed E-state index contributed by atoms with van der Waals surface area (Å²) in [5.74, 6) is 1.96. The zero-order valence-electron chi connectivity index (χ0n) is 20.1. The number of anilines is 2. The molecule has 0 amide bonds. The molecule has 10 heteroatoms. The number of aromatic nitrogens is 6. The van der Waals surface area contributed by atoms with Crippen LogP contribution in [-0.4, -0.2) is 60.8 Å². The van der Waals surface area contributed by atoms with E-state index in [0.29, 0.717) is 17.6 Å². The fraction of sp³-hybridized carbons (Fsp3) is 0.500. The molecule has 1 fully saturated rings. The third kappa shape index (κ3) is 3.71. The number of nitrogens with two attached hydrogens (primary N) is 1. The van der Waals surface area contributed by atoms with E-state index in [2.05, 4.69) is 21.9 Å². The average molecular weight is 465 g/mol. The Morgan fingerprint density at radius 1 is 1.24 bits per heavy atom. The summed E-state index contributed by atoms with van der Waals surface area (Å²) < 4.78 is 8.81. The number of nitrogen functional groups attached to an aromatic ring is 1. The van der Waals surface area contributed by atoms with Crippen molar-refractivity contribution in [2.24, 2.45) is 0 Å². The number of benzene rings is 1. The summed E-state index contributed by atoms with van der Waals surface area (Å²) in [6.07, 6.45) is 7.00. The van der Waals surface area contributed by atoms with Gasteiger partial charge in [0.1, 0.15) is 5.75 Å². The van der Waals surface area contributed by atoms with Gasteiger partial charge in [-0.05, 0) is 45.2 Å². The number of hydrogen-bond acceptors (Lipinski definition) is 8. The van der Waals surface area contributed by atoms with Crippen LogP contribution in [0.1, 0.15) is 51.8 Å². The quantitative estimate of drug-likeness (QED) is 0.447. The fourth-order valence-electron chi connectivity index (χ4n) is 4.77. The van der Waals surface area contributed by atoms with Crippen molar-refractivity contribution in [2.75, 3.05) is 30.9 Å². The lowest BCUT2D eigenvalue weighted by molar-refractivity contribution is 0.152. The average Bonchev–Trinajstić information content (AvgIpc) is 3.52. The first-order chi connectivity index (χ1) is 16.3. The molecule has 1 saturated heterocycles. The van der Waals surface area contributed by atoms with Gasteiger partial charge in [0.2, 0.25) is 5.95 Å². The summed E-state index contributed by atoms with van der Waals surface area (Å²) in [7, 11) is 1.63. The number of piperidine rings is 1. The van der Waals surface area contributed by atoms with Crippen LogP contribution in [0.15, 0.2) is 30.6 Å². The van der Waals surface area contributed by atoms with Gasteiger partial charge in [0, 0.05) is 36.2 Å². The molecule has 0 radical (unpaired) electrons. The zero-order chi connectivity index (χ0) is 24.0. The van der Waals surface area contributed by atoms with Crippen molar-refractivity contribution in [2.45, 2.75) is 57.5 Å². The predicted octanol–water partition coefficient (Wildman–Crippen LogP) is 2.95. The van der Waals surface area contributed by atoms with Gasteiger partial charge < -0.3 is 20.5 Å². The minimum Gasteiger partial charge on any atom is -0.497 e. The Balaban J connectivity index is 1.49. The highest BCUT2D eigenvalue weighted by Crippen LogP contribution is 2.35. The summed E-state index contributed by atoms with van der Waals surface area (Å²) >= 11 is 0. The highest BCUT2D eigenvalue weighted by Gasteiger charge is 2.32. The molecule has 4 aromatic rings. The van der Waals surface area contributed by atoms with Crippen molar-refractivity contribution in [3.8, 4) is 5.75 Å². The number of aliphatic hydroxyl groups is 1. The van der Waals surface area contributed by atoms with Crippen LogP contribution in [0, 0.1) is 0 Å². The number of ether oxygens (including phenoxy) is 1. The molecule has 0 saturated carbocycles. The van der Waals surface area contributed by atoms with Crippen molar-refractivity contribution < 1.29 is 9.84 Å². The molecule has 0 unspecified atom stereocenters. The fourth-order valence-corrected chi connectivity index (χ4v) is 4.77. The Morgan fingerprint density at radius 2 is 2.06 bits per heavy atom. The van der Waals surface area contributed by atoms with E-state index in [1.54, 1.807) is 11.6 Å². The molecule has 1 aromatic carbocycles. The van der Waals surface area contributed by atoms with Crippen molar-refractivity contribution in [1.29, 1.82) is 0 Å². The van der Waals surface area contributed by atoms with Crippen LogP contribution in [0.4, 0.5) is 11.6 Å². The monoisotopic (exact) mass is 464 g/mol. The van der Waals surface area contributed by atoms with Gasteiger partial charge in [-0.3, -0.25) is 4.68 Å². The summed E-state index contributed by atoms with van der Waals surface area (Å²) in [5, 5.41) is 19.9. The Labute approximate surface area is 198 Å². The maximum absolute atomic E-state index is 9.74. The number of rotatable bonds is 6. The Bertz CT molecular complexity index is 1330. The van der Waals surface area contributed by atoms with E-state index < -0.39 is 5.54 Å². The topological polar surface area (TPSA) is 120 Å². The number of fused-ring (bicyclic) bond motifs is 3. The van der Waals surface area contributed by atoms with E-state index in [0.717, 1.165) is 54.0 Å². The van der Waals surface area contributed by atoms with Gasteiger partial charge in [-0.2, -0.15) is 9.61 Å². The lowest BCUT2D eigenvalue weighted by atomic mass is 9.90. The third-order valence-electron chi connectivity index (χ3n) is 6.97. The molecule has 3 aromatic heterocycles. The molecular formula is C24H32N8O2. The number of aliphatic hydroxyl groups excluding tert-OH is 1. The van der Waals surface area contributed by atoms with Gasteiger partial charge >= 0.3 is 0 Å². The van der Waals surface area contributed by atoms with E-state index in [9.17, 15) is 5.11 Å². The Morgan fingerprint density at radius 3 is 2.79 bits per heavy atom. The highest BCUT2D eigenvalue weighted by atomic mass is 16.5. The molecule has 3 N–H and O–H groups in total. The molecule has 34 heavy (non-hydrogen) atoms. The second-order valence-electron chi connectivity index (χ2n) is 9.66. The summed E-state index contributed by atoms with van der Waals surface area (Å²) in [4.78, 5) is 11.8. The van der Waals surface area contributed by atoms with E-state index in [-0.39, 0.29) is 12.5 Å². The normalized spacial score (nSPS) is 19.3. The summed E-state index contributed by atoms with van der Waals surface area (Å²) in [5.41, 5.74) is 8.29.